The molecule has 3 aromatic carbocycles. The Morgan fingerprint density at radius 1 is 0.848 bits per heavy atom. The highest BCUT2D eigenvalue weighted by atomic mass is 16.7. The van der Waals surface area contributed by atoms with E-state index in [9.17, 15) is 14.7 Å². The molecule has 0 aliphatic carbocycles. The van der Waals surface area contributed by atoms with Crippen LogP contribution in [-0.2, 0) is 14.4 Å². The molecule has 3 atom stereocenters. The van der Waals surface area contributed by atoms with E-state index in [1.165, 1.54) is 18.1 Å². The molecule has 2 aliphatic heterocycles. The number of ether oxygens (including phenoxy) is 2. The molecule has 2 fully saturated rings. The van der Waals surface area contributed by atoms with Crippen LogP contribution in [0.25, 0.3) is 0 Å². The molecule has 0 saturated carbocycles. The summed E-state index contributed by atoms with van der Waals surface area (Å²) in [4.78, 5) is 34.2. The summed E-state index contributed by atoms with van der Waals surface area (Å²) in [6.07, 6.45) is -0.982. The van der Waals surface area contributed by atoms with Crippen molar-refractivity contribution in [2.75, 3.05) is 24.2 Å². The van der Waals surface area contributed by atoms with Crippen molar-refractivity contribution in [1.82, 2.24) is 0 Å². The van der Waals surface area contributed by atoms with Gasteiger partial charge in [0.05, 0.1) is 31.6 Å². The van der Waals surface area contributed by atoms with Crippen molar-refractivity contribution in [3.05, 3.63) is 78.4 Å². The fourth-order valence-corrected chi connectivity index (χ4v) is 4.42. The van der Waals surface area contributed by atoms with Gasteiger partial charge in [-0.3, -0.25) is 14.4 Å². The van der Waals surface area contributed by atoms with E-state index in [0.717, 1.165) is 0 Å². The normalized spacial score (nSPS) is 21.9. The van der Waals surface area contributed by atoms with Gasteiger partial charge in [0.1, 0.15) is 11.7 Å². The van der Waals surface area contributed by atoms with Crippen LogP contribution in [0.1, 0.15) is 11.6 Å². The highest BCUT2D eigenvalue weighted by Crippen LogP contribution is 2.48. The second-order valence-electron chi connectivity index (χ2n) is 7.80. The third kappa shape index (κ3) is 3.35. The summed E-state index contributed by atoms with van der Waals surface area (Å²) < 4.78 is 10.5. The first-order valence-electron chi connectivity index (χ1n) is 10.4. The van der Waals surface area contributed by atoms with Gasteiger partial charge in [-0.1, -0.05) is 24.3 Å². The van der Waals surface area contributed by atoms with Gasteiger partial charge in [0.25, 0.3) is 5.91 Å². The Morgan fingerprint density at radius 2 is 1.58 bits per heavy atom. The Labute approximate surface area is 190 Å². The number of phenols is 1. The fraction of sp³-hybridized carbons (Fsp3) is 0.200. The number of aromatic hydroxyl groups is 1. The number of amides is 2. The zero-order chi connectivity index (χ0) is 23.1. The van der Waals surface area contributed by atoms with Crippen LogP contribution >= 0.6 is 0 Å². The van der Waals surface area contributed by atoms with E-state index < -0.39 is 24.0 Å². The van der Waals surface area contributed by atoms with Crippen LogP contribution in [0.5, 0.6) is 17.2 Å². The average molecular weight is 446 g/mol. The molecule has 0 unspecified atom stereocenters. The molecule has 2 aliphatic rings. The van der Waals surface area contributed by atoms with Crippen molar-refractivity contribution in [2.45, 2.75) is 12.1 Å². The molecule has 0 bridgehead atoms. The molecule has 168 valence electrons. The molecule has 8 nitrogen and oxygen atoms in total. The lowest BCUT2D eigenvalue weighted by Crippen LogP contribution is -2.37. The first-order chi connectivity index (χ1) is 16.0. The molecule has 33 heavy (non-hydrogen) atoms. The number of rotatable bonds is 5. The third-order valence-electron chi connectivity index (χ3n) is 6.00. The summed E-state index contributed by atoms with van der Waals surface area (Å²) >= 11 is 0. The predicted molar refractivity (Wildman–Crippen MR) is 120 cm³/mol. The Balaban J connectivity index is 1.58. The number of hydrogen-bond donors (Lipinski definition) is 1. The minimum Gasteiger partial charge on any atom is -0.504 e. The summed E-state index contributed by atoms with van der Waals surface area (Å²) in [6.45, 7) is 0. The number of hydrogen-bond acceptors (Lipinski definition) is 7. The second kappa shape index (κ2) is 8.14. The van der Waals surface area contributed by atoms with Gasteiger partial charge in [-0.2, -0.15) is 0 Å². The van der Waals surface area contributed by atoms with Crippen LogP contribution < -0.4 is 19.4 Å². The van der Waals surface area contributed by atoms with Gasteiger partial charge in [0.15, 0.2) is 17.6 Å². The van der Waals surface area contributed by atoms with E-state index >= 15 is 0 Å². The SMILES string of the molecule is COc1ccc(N2C(=O)[C@H]3[C@@H](ON(c4ccccc4)[C@H]3c3ccc(O)c(OC)c3)C2=O)cc1. The number of benzene rings is 3. The van der Waals surface area contributed by atoms with Crippen molar-refractivity contribution in [1.29, 1.82) is 0 Å². The molecule has 3 aromatic rings. The van der Waals surface area contributed by atoms with Gasteiger partial charge in [0, 0.05) is 0 Å². The van der Waals surface area contributed by atoms with Crippen molar-refractivity contribution in [3.63, 3.8) is 0 Å². The van der Waals surface area contributed by atoms with Gasteiger partial charge in [0.2, 0.25) is 5.91 Å². The van der Waals surface area contributed by atoms with Crippen molar-refractivity contribution in [2.24, 2.45) is 5.92 Å². The van der Waals surface area contributed by atoms with Gasteiger partial charge in [-0.25, -0.2) is 9.96 Å². The first kappa shape index (κ1) is 20.8. The Hall–Kier alpha value is -4.04. The van der Waals surface area contributed by atoms with Crippen LogP contribution in [0, 0.1) is 5.92 Å². The molecule has 1 N–H and O–H groups in total. The number of methoxy groups -OCH3 is 2. The zero-order valence-corrected chi connectivity index (χ0v) is 18.0. The quantitative estimate of drug-likeness (QED) is 0.601. The number of phenolic OH excluding ortho intramolecular Hbond substituents is 1. The average Bonchev–Trinajstić information content (AvgIpc) is 3.36. The van der Waals surface area contributed by atoms with E-state index in [-0.39, 0.29) is 17.4 Å². The molecular weight excluding hydrogens is 424 g/mol. The molecule has 8 heteroatoms. The number of hydroxylamine groups is 1. The number of fused-ring (bicyclic) bond motifs is 1. The molecule has 2 amide bonds. The Morgan fingerprint density at radius 3 is 2.24 bits per heavy atom. The summed E-state index contributed by atoms with van der Waals surface area (Å²) in [5, 5.41) is 11.7. The van der Waals surface area contributed by atoms with Gasteiger partial charge in [-0.05, 0) is 54.1 Å². The minimum atomic E-state index is -0.982. The van der Waals surface area contributed by atoms with Crippen LogP contribution in [0.3, 0.4) is 0 Å². The van der Waals surface area contributed by atoms with Crippen LogP contribution in [0.2, 0.25) is 0 Å². The number of nitrogens with zero attached hydrogens (tertiary/aromatic N) is 2. The number of imide groups is 1. The largest absolute Gasteiger partial charge is 0.504 e. The molecule has 2 saturated heterocycles. The lowest BCUT2D eigenvalue weighted by atomic mass is 9.90. The lowest BCUT2D eigenvalue weighted by Gasteiger charge is -2.29. The smallest absolute Gasteiger partial charge is 0.266 e. The maximum atomic E-state index is 13.6. The van der Waals surface area contributed by atoms with Gasteiger partial charge >= 0.3 is 0 Å². The van der Waals surface area contributed by atoms with E-state index in [1.54, 1.807) is 48.6 Å². The number of para-hydroxylation sites is 1. The Bertz CT molecular complexity index is 1200. The van der Waals surface area contributed by atoms with Crippen LogP contribution in [0.15, 0.2) is 72.8 Å². The molecule has 2 heterocycles. The summed E-state index contributed by atoms with van der Waals surface area (Å²) in [5.74, 6) is -0.688. The topological polar surface area (TPSA) is 88.5 Å². The highest BCUT2D eigenvalue weighted by molar-refractivity contribution is 6.23. The molecule has 0 spiro atoms. The standard InChI is InChI=1S/C25H22N2O6/c1-31-18-11-9-16(10-12-18)26-24(29)21-22(15-8-13-19(28)20(14-15)32-2)27(33-23(21)25(26)30)17-6-4-3-5-7-17/h3-14,21-23,28H,1-2H3/t21-,22+,23-/m1/s1. The summed E-state index contributed by atoms with van der Waals surface area (Å²) in [5.41, 5.74) is 1.84. The first-order valence-corrected chi connectivity index (χ1v) is 10.4. The third-order valence-corrected chi connectivity index (χ3v) is 6.00. The second-order valence-corrected chi connectivity index (χ2v) is 7.80. The van der Waals surface area contributed by atoms with Gasteiger partial charge < -0.3 is 14.6 Å². The van der Waals surface area contributed by atoms with Crippen molar-refractivity contribution in [3.8, 4) is 17.2 Å². The number of carbonyl (C=O) groups excluding carboxylic acids is 2. The van der Waals surface area contributed by atoms with E-state index in [2.05, 4.69) is 0 Å². The predicted octanol–water partition coefficient (Wildman–Crippen LogP) is 3.46. The number of carbonyl (C=O) groups is 2. The molecule has 5 rings (SSSR count). The monoisotopic (exact) mass is 446 g/mol. The van der Waals surface area contributed by atoms with E-state index in [1.807, 2.05) is 30.3 Å². The summed E-state index contributed by atoms with van der Waals surface area (Å²) in [6, 6.07) is 20.3. The maximum Gasteiger partial charge on any atom is 0.266 e. The Kier molecular flexibility index (Phi) is 5.14. The van der Waals surface area contributed by atoms with E-state index in [0.29, 0.717) is 22.7 Å². The van der Waals surface area contributed by atoms with Crippen molar-refractivity contribution < 1.29 is 29.0 Å². The maximum absolute atomic E-state index is 13.6. The fourth-order valence-electron chi connectivity index (χ4n) is 4.42. The summed E-state index contributed by atoms with van der Waals surface area (Å²) in [7, 11) is 3.01. The van der Waals surface area contributed by atoms with E-state index in [4.69, 9.17) is 14.3 Å². The van der Waals surface area contributed by atoms with Gasteiger partial charge in [-0.15, -0.1) is 0 Å². The lowest BCUT2D eigenvalue weighted by molar-refractivity contribution is -0.126. The highest BCUT2D eigenvalue weighted by Gasteiger charge is 2.60. The molecular formula is C25H22N2O6. The molecule has 0 aromatic heterocycles. The van der Waals surface area contributed by atoms with Crippen LogP contribution in [-0.4, -0.2) is 37.2 Å². The zero-order valence-electron chi connectivity index (χ0n) is 18.0. The minimum absolute atomic E-state index is 0.0170. The van der Waals surface area contributed by atoms with Crippen LogP contribution in [0.4, 0.5) is 11.4 Å². The molecule has 0 radical (unpaired) electrons. The van der Waals surface area contributed by atoms with Crippen molar-refractivity contribution >= 4 is 23.2 Å². The number of anilines is 2.